The number of carbonyl (C=O) groups is 1. The van der Waals surface area contributed by atoms with Crippen LogP contribution in [0.4, 0.5) is 18.9 Å². The molecule has 7 heteroatoms. The molecular formula is C14H8ClF3INO. The molecule has 0 aliphatic heterocycles. The van der Waals surface area contributed by atoms with Crippen LogP contribution in [0.5, 0.6) is 0 Å². The van der Waals surface area contributed by atoms with Gasteiger partial charge in [-0.2, -0.15) is 13.2 Å². The van der Waals surface area contributed by atoms with Gasteiger partial charge in [-0.15, -0.1) is 0 Å². The molecule has 0 bridgehead atoms. The maximum absolute atomic E-state index is 12.7. The molecule has 0 radical (unpaired) electrons. The van der Waals surface area contributed by atoms with Crippen molar-refractivity contribution in [1.82, 2.24) is 0 Å². The average Bonchev–Trinajstić information content (AvgIpc) is 2.40. The molecule has 0 heterocycles. The van der Waals surface area contributed by atoms with E-state index >= 15 is 0 Å². The van der Waals surface area contributed by atoms with Crippen molar-refractivity contribution in [2.45, 2.75) is 6.18 Å². The van der Waals surface area contributed by atoms with Crippen LogP contribution in [0.2, 0.25) is 5.02 Å². The molecule has 2 aromatic carbocycles. The summed E-state index contributed by atoms with van der Waals surface area (Å²) in [4.78, 5) is 12.1. The highest BCUT2D eigenvalue weighted by atomic mass is 127. The van der Waals surface area contributed by atoms with Gasteiger partial charge in [0.05, 0.1) is 21.8 Å². The fraction of sp³-hybridized carbons (Fsp3) is 0.0714. The first-order valence-corrected chi connectivity index (χ1v) is 7.17. The van der Waals surface area contributed by atoms with Crippen molar-refractivity contribution >= 4 is 45.8 Å². The molecule has 0 saturated carbocycles. The molecule has 0 aliphatic rings. The number of alkyl halides is 3. The second-order valence-electron chi connectivity index (χ2n) is 4.13. The second-order valence-corrected chi connectivity index (χ2v) is 5.70. The van der Waals surface area contributed by atoms with E-state index in [4.69, 9.17) is 11.6 Å². The van der Waals surface area contributed by atoms with E-state index in [0.29, 0.717) is 3.57 Å². The molecule has 0 saturated heterocycles. The molecule has 0 aromatic heterocycles. The molecule has 2 nitrogen and oxygen atoms in total. The molecule has 1 N–H and O–H groups in total. The Hall–Kier alpha value is -1.28. The number of amides is 1. The lowest BCUT2D eigenvalue weighted by molar-refractivity contribution is -0.137. The van der Waals surface area contributed by atoms with Crippen LogP contribution in [-0.4, -0.2) is 5.91 Å². The summed E-state index contributed by atoms with van der Waals surface area (Å²) in [5.74, 6) is -0.558. The number of hydrogen-bond donors (Lipinski definition) is 1. The summed E-state index contributed by atoms with van der Waals surface area (Å²) < 4.78 is 38.6. The number of halogens is 5. The van der Waals surface area contributed by atoms with Crippen molar-refractivity contribution in [1.29, 1.82) is 0 Å². The van der Waals surface area contributed by atoms with E-state index in [0.717, 1.165) is 12.1 Å². The highest BCUT2D eigenvalue weighted by Crippen LogP contribution is 2.33. The topological polar surface area (TPSA) is 29.1 Å². The molecule has 21 heavy (non-hydrogen) atoms. The Morgan fingerprint density at radius 2 is 1.81 bits per heavy atom. The first kappa shape index (κ1) is 16.1. The lowest BCUT2D eigenvalue weighted by Crippen LogP contribution is -2.14. The van der Waals surface area contributed by atoms with Gasteiger partial charge in [-0.05, 0) is 52.9 Å². The molecular weight excluding hydrogens is 418 g/mol. The van der Waals surface area contributed by atoms with Gasteiger partial charge in [-0.3, -0.25) is 4.79 Å². The molecule has 0 atom stereocenters. The van der Waals surface area contributed by atoms with Crippen LogP contribution in [0, 0.1) is 3.57 Å². The molecule has 0 fully saturated rings. The fourth-order valence-electron chi connectivity index (χ4n) is 1.63. The fourth-order valence-corrected chi connectivity index (χ4v) is 2.32. The lowest BCUT2D eigenvalue weighted by atomic mass is 10.1. The van der Waals surface area contributed by atoms with E-state index in [-0.39, 0.29) is 16.3 Å². The highest BCUT2D eigenvalue weighted by Gasteiger charge is 2.31. The van der Waals surface area contributed by atoms with Gasteiger partial charge in [0.15, 0.2) is 0 Å². The van der Waals surface area contributed by atoms with Crippen LogP contribution in [0.1, 0.15) is 15.9 Å². The molecule has 0 aliphatic carbocycles. The third-order valence-corrected chi connectivity index (χ3v) is 3.93. The van der Waals surface area contributed by atoms with Crippen molar-refractivity contribution < 1.29 is 18.0 Å². The average molecular weight is 426 g/mol. The second kappa shape index (κ2) is 6.23. The van der Waals surface area contributed by atoms with E-state index in [1.54, 1.807) is 12.1 Å². The van der Waals surface area contributed by atoms with E-state index < -0.39 is 17.6 Å². The van der Waals surface area contributed by atoms with E-state index in [1.807, 2.05) is 22.6 Å². The number of hydrogen-bond acceptors (Lipinski definition) is 1. The van der Waals surface area contributed by atoms with Gasteiger partial charge >= 0.3 is 6.18 Å². The van der Waals surface area contributed by atoms with Crippen LogP contribution in [0.15, 0.2) is 42.5 Å². The normalized spacial score (nSPS) is 11.3. The van der Waals surface area contributed by atoms with Crippen LogP contribution < -0.4 is 5.32 Å². The zero-order valence-electron chi connectivity index (χ0n) is 10.3. The summed E-state index contributed by atoms with van der Waals surface area (Å²) in [5.41, 5.74) is -0.528. The monoisotopic (exact) mass is 425 g/mol. The van der Waals surface area contributed by atoms with E-state index in [9.17, 15) is 18.0 Å². The number of benzene rings is 2. The molecule has 110 valence electrons. The van der Waals surface area contributed by atoms with Gasteiger partial charge in [0.2, 0.25) is 0 Å². The Bertz CT molecular complexity index is 688. The van der Waals surface area contributed by atoms with Gasteiger partial charge < -0.3 is 5.32 Å². The largest absolute Gasteiger partial charge is 0.416 e. The molecule has 2 aromatic rings. The van der Waals surface area contributed by atoms with Crippen molar-refractivity contribution in [2.24, 2.45) is 0 Å². The van der Waals surface area contributed by atoms with Gasteiger partial charge in [0.1, 0.15) is 0 Å². The molecule has 2 rings (SSSR count). The summed E-state index contributed by atoms with van der Waals surface area (Å²) in [6, 6.07) is 9.48. The van der Waals surface area contributed by atoms with Crippen LogP contribution in [0.3, 0.4) is 0 Å². The third-order valence-electron chi connectivity index (χ3n) is 2.66. The first-order valence-electron chi connectivity index (χ1n) is 5.71. The number of rotatable bonds is 2. The Morgan fingerprint density at radius 3 is 2.43 bits per heavy atom. The Kier molecular flexibility index (Phi) is 4.77. The summed E-state index contributed by atoms with van der Waals surface area (Å²) in [6.45, 7) is 0. The maximum Gasteiger partial charge on any atom is 0.416 e. The summed E-state index contributed by atoms with van der Waals surface area (Å²) >= 11 is 7.74. The van der Waals surface area contributed by atoms with Crippen molar-refractivity contribution in [3.05, 3.63) is 62.2 Å². The number of anilines is 1. The summed E-state index contributed by atoms with van der Waals surface area (Å²) in [7, 11) is 0. The molecule has 0 spiro atoms. The van der Waals surface area contributed by atoms with Gasteiger partial charge in [-0.25, -0.2) is 0 Å². The maximum atomic E-state index is 12.7. The Morgan fingerprint density at radius 1 is 1.14 bits per heavy atom. The minimum absolute atomic E-state index is 0.0929. The van der Waals surface area contributed by atoms with Crippen molar-refractivity contribution in [2.75, 3.05) is 5.32 Å². The lowest BCUT2D eigenvalue weighted by Gasteiger charge is -2.12. The van der Waals surface area contributed by atoms with Gasteiger partial charge in [0.25, 0.3) is 5.91 Å². The predicted octanol–water partition coefficient (Wildman–Crippen LogP) is 5.22. The minimum atomic E-state index is -4.46. The summed E-state index contributed by atoms with van der Waals surface area (Å²) in [6.07, 6.45) is -4.46. The van der Waals surface area contributed by atoms with Gasteiger partial charge in [0, 0.05) is 3.57 Å². The van der Waals surface area contributed by atoms with Crippen molar-refractivity contribution in [3.8, 4) is 0 Å². The van der Waals surface area contributed by atoms with Crippen LogP contribution in [-0.2, 0) is 6.18 Å². The summed E-state index contributed by atoms with van der Waals surface area (Å²) in [5, 5.41) is 2.68. The van der Waals surface area contributed by atoms with Crippen LogP contribution >= 0.6 is 34.2 Å². The smallest absolute Gasteiger partial charge is 0.321 e. The first-order chi connectivity index (χ1) is 9.79. The SMILES string of the molecule is O=C(Nc1cc(C(F)(F)F)ccc1I)c1ccccc1Cl. The quantitative estimate of drug-likeness (QED) is 0.657. The van der Waals surface area contributed by atoms with Crippen molar-refractivity contribution in [3.63, 3.8) is 0 Å². The van der Waals surface area contributed by atoms with Crippen LogP contribution in [0.25, 0.3) is 0 Å². The molecule has 1 amide bonds. The minimum Gasteiger partial charge on any atom is -0.321 e. The zero-order chi connectivity index (χ0) is 15.6. The van der Waals surface area contributed by atoms with E-state index in [1.165, 1.54) is 18.2 Å². The van der Waals surface area contributed by atoms with E-state index in [2.05, 4.69) is 5.32 Å². The molecule has 0 unspecified atom stereocenters. The predicted molar refractivity (Wildman–Crippen MR) is 83.6 cm³/mol. The van der Waals surface area contributed by atoms with Gasteiger partial charge in [-0.1, -0.05) is 23.7 Å². The Labute approximate surface area is 137 Å². The highest BCUT2D eigenvalue weighted by molar-refractivity contribution is 14.1. The Balaban J connectivity index is 2.31. The standard InChI is InChI=1S/C14H8ClF3INO/c15-10-4-2-1-3-9(10)13(21)20-12-7-8(14(16,17)18)5-6-11(12)19/h1-7H,(H,20,21). The zero-order valence-corrected chi connectivity index (χ0v) is 13.3. The number of nitrogens with one attached hydrogen (secondary N) is 1. The number of carbonyl (C=O) groups excluding carboxylic acids is 1. The third kappa shape index (κ3) is 3.88.